The van der Waals surface area contributed by atoms with Crippen LogP contribution in [-0.4, -0.2) is 29.5 Å². The zero-order valence-electron chi connectivity index (χ0n) is 13.6. The molecule has 4 heteroatoms. The number of ether oxygens (including phenoxy) is 1. The van der Waals surface area contributed by atoms with Crippen LogP contribution in [0.5, 0.6) is 5.75 Å². The van der Waals surface area contributed by atoms with E-state index in [0.717, 1.165) is 30.1 Å². The number of hydrogen-bond donors (Lipinski definition) is 1. The highest BCUT2D eigenvalue weighted by molar-refractivity contribution is 5.40. The monoisotopic (exact) mass is 287 g/mol. The van der Waals surface area contributed by atoms with Gasteiger partial charge in [0, 0.05) is 11.7 Å². The number of nitrogens with one attached hydrogen (secondary N) is 1. The highest BCUT2D eigenvalue weighted by atomic mass is 16.5. The quantitative estimate of drug-likeness (QED) is 0.887. The summed E-state index contributed by atoms with van der Waals surface area (Å²) in [6.07, 6.45) is 1.01. The van der Waals surface area contributed by atoms with Crippen LogP contribution in [0.2, 0.25) is 0 Å². The molecule has 0 atom stereocenters. The minimum atomic E-state index is 0.516. The van der Waals surface area contributed by atoms with Crippen molar-refractivity contribution in [3.05, 3.63) is 41.2 Å². The first-order chi connectivity index (χ1) is 10.0. The van der Waals surface area contributed by atoms with Gasteiger partial charge < -0.3 is 10.1 Å². The summed E-state index contributed by atoms with van der Waals surface area (Å²) in [4.78, 5) is 0. The van der Waals surface area contributed by atoms with E-state index < -0.39 is 0 Å². The Hall–Kier alpha value is -1.81. The second-order valence-electron chi connectivity index (χ2n) is 5.62. The van der Waals surface area contributed by atoms with E-state index in [-0.39, 0.29) is 0 Å². The molecule has 0 saturated heterocycles. The third kappa shape index (κ3) is 3.64. The van der Waals surface area contributed by atoms with Gasteiger partial charge in [-0.1, -0.05) is 13.8 Å². The van der Waals surface area contributed by atoms with E-state index in [4.69, 9.17) is 4.74 Å². The van der Waals surface area contributed by atoms with Crippen molar-refractivity contribution >= 4 is 0 Å². The lowest BCUT2D eigenvalue weighted by Gasteiger charge is -2.09. The number of hydrogen-bond acceptors (Lipinski definition) is 3. The molecule has 0 saturated carbocycles. The number of rotatable bonds is 6. The molecule has 0 aliphatic carbocycles. The Kier molecular flexibility index (Phi) is 5.02. The first kappa shape index (κ1) is 15.6. The molecule has 114 valence electrons. The van der Waals surface area contributed by atoms with Gasteiger partial charge in [-0.05, 0) is 56.6 Å². The number of methoxy groups -OCH3 is 1. The second kappa shape index (κ2) is 6.76. The van der Waals surface area contributed by atoms with Gasteiger partial charge in [0.15, 0.2) is 0 Å². The van der Waals surface area contributed by atoms with E-state index in [1.807, 2.05) is 28.9 Å². The van der Waals surface area contributed by atoms with E-state index in [1.54, 1.807) is 7.11 Å². The summed E-state index contributed by atoms with van der Waals surface area (Å²) in [6, 6.07) is 8.52. The van der Waals surface area contributed by atoms with Crippen LogP contribution in [0.1, 0.15) is 30.8 Å². The second-order valence-corrected chi connectivity index (χ2v) is 5.62. The standard InChI is InChI=1S/C17H25N3O/c1-12(2)18-11-10-17-13(3)19-20(14(17)4)15-6-8-16(21-5)9-7-15/h6-9,12,18H,10-11H2,1-5H3. The van der Waals surface area contributed by atoms with Crippen LogP contribution in [-0.2, 0) is 6.42 Å². The number of aromatic nitrogens is 2. The van der Waals surface area contributed by atoms with Crippen LogP contribution >= 0.6 is 0 Å². The fraction of sp³-hybridized carbons (Fsp3) is 0.471. The van der Waals surface area contributed by atoms with Gasteiger partial charge in [-0.3, -0.25) is 0 Å². The highest BCUT2D eigenvalue weighted by Crippen LogP contribution is 2.20. The fourth-order valence-corrected chi connectivity index (χ4v) is 2.50. The third-order valence-electron chi connectivity index (χ3n) is 3.69. The molecule has 0 unspecified atom stereocenters. The van der Waals surface area contributed by atoms with Crippen molar-refractivity contribution in [2.75, 3.05) is 13.7 Å². The topological polar surface area (TPSA) is 39.1 Å². The largest absolute Gasteiger partial charge is 0.497 e. The molecule has 0 spiro atoms. The SMILES string of the molecule is COc1ccc(-n2nc(C)c(CCNC(C)C)c2C)cc1. The first-order valence-electron chi connectivity index (χ1n) is 7.46. The predicted molar refractivity (Wildman–Crippen MR) is 86.4 cm³/mol. The van der Waals surface area contributed by atoms with Crippen LogP contribution in [0.25, 0.3) is 5.69 Å². The maximum atomic E-state index is 5.20. The van der Waals surface area contributed by atoms with Gasteiger partial charge in [-0.25, -0.2) is 4.68 Å². The summed E-state index contributed by atoms with van der Waals surface area (Å²) >= 11 is 0. The van der Waals surface area contributed by atoms with Crippen molar-refractivity contribution < 1.29 is 4.74 Å². The molecule has 1 heterocycles. The molecular weight excluding hydrogens is 262 g/mol. The lowest BCUT2D eigenvalue weighted by Crippen LogP contribution is -2.25. The smallest absolute Gasteiger partial charge is 0.119 e. The Morgan fingerprint density at radius 2 is 1.86 bits per heavy atom. The van der Waals surface area contributed by atoms with Gasteiger partial charge in [0.05, 0.1) is 18.5 Å². The summed E-state index contributed by atoms with van der Waals surface area (Å²) < 4.78 is 7.22. The molecule has 1 aromatic carbocycles. The minimum absolute atomic E-state index is 0.516. The van der Waals surface area contributed by atoms with E-state index in [2.05, 4.69) is 38.1 Å². The molecule has 0 aliphatic rings. The zero-order chi connectivity index (χ0) is 15.4. The molecule has 0 fully saturated rings. The van der Waals surface area contributed by atoms with Crippen molar-refractivity contribution in [2.24, 2.45) is 0 Å². The Balaban J connectivity index is 2.21. The summed E-state index contributed by atoms with van der Waals surface area (Å²) in [5, 5.41) is 8.14. The Labute approximate surface area is 127 Å². The third-order valence-corrected chi connectivity index (χ3v) is 3.69. The first-order valence-corrected chi connectivity index (χ1v) is 7.46. The number of aryl methyl sites for hydroxylation is 1. The Morgan fingerprint density at radius 3 is 2.43 bits per heavy atom. The predicted octanol–water partition coefficient (Wildman–Crippen LogP) is 3.04. The van der Waals surface area contributed by atoms with Crippen LogP contribution in [0, 0.1) is 13.8 Å². The highest BCUT2D eigenvalue weighted by Gasteiger charge is 2.12. The Bertz CT molecular complexity index is 585. The van der Waals surface area contributed by atoms with Crippen molar-refractivity contribution in [2.45, 2.75) is 40.2 Å². The van der Waals surface area contributed by atoms with Gasteiger partial charge in [0.25, 0.3) is 0 Å². The van der Waals surface area contributed by atoms with Crippen LogP contribution in [0.3, 0.4) is 0 Å². The summed E-state index contributed by atoms with van der Waals surface area (Å²) in [5.41, 5.74) is 4.72. The number of benzene rings is 1. The molecule has 1 aromatic heterocycles. The Morgan fingerprint density at radius 1 is 1.19 bits per heavy atom. The van der Waals surface area contributed by atoms with Crippen molar-refractivity contribution in [1.29, 1.82) is 0 Å². The van der Waals surface area contributed by atoms with Crippen molar-refractivity contribution in [3.63, 3.8) is 0 Å². The molecule has 4 nitrogen and oxygen atoms in total. The molecule has 0 radical (unpaired) electrons. The van der Waals surface area contributed by atoms with E-state index in [9.17, 15) is 0 Å². The van der Waals surface area contributed by atoms with Gasteiger partial charge in [0.2, 0.25) is 0 Å². The van der Waals surface area contributed by atoms with Crippen LogP contribution in [0.15, 0.2) is 24.3 Å². The summed E-state index contributed by atoms with van der Waals surface area (Å²) in [5.74, 6) is 0.863. The van der Waals surface area contributed by atoms with E-state index >= 15 is 0 Å². The molecule has 2 aromatic rings. The van der Waals surface area contributed by atoms with Gasteiger partial charge >= 0.3 is 0 Å². The fourth-order valence-electron chi connectivity index (χ4n) is 2.50. The minimum Gasteiger partial charge on any atom is -0.497 e. The van der Waals surface area contributed by atoms with Crippen LogP contribution < -0.4 is 10.1 Å². The van der Waals surface area contributed by atoms with Crippen molar-refractivity contribution in [3.8, 4) is 11.4 Å². The molecule has 1 N–H and O–H groups in total. The lowest BCUT2D eigenvalue weighted by molar-refractivity contribution is 0.414. The molecule has 2 rings (SSSR count). The molecule has 0 bridgehead atoms. The maximum Gasteiger partial charge on any atom is 0.119 e. The molecular formula is C17H25N3O. The average Bonchev–Trinajstić information content (AvgIpc) is 2.75. The van der Waals surface area contributed by atoms with Crippen molar-refractivity contribution in [1.82, 2.24) is 15.1 Å². The normalized spacial score (nSPS) is 11.1. The summed E-state index contributed by atoms with van der Waals surface area (Å²) in [6.45, 7) is 9.53. The maximum absolute atomic E-state index is 5.20. The van der Waals surface area contributed by atoms with Gasteiger partial charge in [0.1, 0.15) is 5.75 Å². The molecule has 0 aliphatic heterocycles. The summed E-state index contributed by atoms with van der Waals surface area (Å²) in [7, 11) is 1.68. The van der Waals surface area contributed by atoms with E-state index in [1.165, 1.54) is 11.3 Å². The van der Waals surface area contributed by atoms with Crippen LogP contribution in [0.4, 0.5) is 0 Å². The van der Waals surface area contributed by atoms with Gasteiger partial charge in [-0.2, -0.15) is 5.10 Å². The molecule has 0 amide bonds. The average molecular weight is 287 g/mol. The zero-order valence-corrected chi connectivity index (χ0v) is 13.6. The number of nitrogens with zero attached hydrogens (tertiary/aromatic N) is 2. The molecule has 21 heavy (non-hydrogen) atoms. The van der Waals surface area contributed by atoms with E-state index in [0.29, 0.717) is 6.04 Å². The lowest BCUT2D eigenvalue weighted by atomic mass is 10.1. The van der Waals surface area contributed by atoms with Gasteiger partial charge in [-0.15, -0.1) is 0 Å².